The van der Waals surface area contributed by atoms with Gasteiger partial charge in [0.05, 0.1) is 11.2 Å². The summed E-state index contributed by atoms with van der Waals surface area (Å²) in [5.74, 6) is 0.648. The van der Waals surface area contributed by atoms with Crippen molar-refractivity contribution in [3.63, 3.8) is 0 Å². The summed E-state index contributed by atoms with van der Waals surface area (Å²) in [4.78, 5) is 0. The Kier molecular flexibility index (Phi) is 5.67. The summed E-state index contributed by atoms with van der Waals surface area (Å²) in [6.45, 7) is 8.47. The van der Waals surface area contributed by atoms with Crippen LogP contribution in [0.1, 0.15) is 65.4 Å². The predicted molar refractivity (Wildman–Crippen MR) is 106 cm³/mol. The lowest BCUT2D eigenvalue weighted by Crippen LogP contribution is -2.41. The van der Waals surface area contributed by atoms with E-state index in [0.29, 0.717) is 5.92 Å². The fourth-order valence-electron chi connectivity index (χ4n) is 3.66. The van der Waals surface area contributed by atoms with Crippen LogP contribution in [-0.4, -0.2) is 18.3 Å². The van der Waals surface area contributed by atoms with E-state index in [1.807, 2.05) is 12.1 Å². The normalized spacial score (nSPS) is 23.9. The molecule has 1 aromatic carbocycles. The van der Waals surface area contributed by atoms with E-state index < -0.39 is 0 Å². The van der Waals surface area contributed by atoms with E-state index in [9.17, 15) is 0 Å². The van der Waals surface area contributed by atoms with Crippen LogP contribution in [0.5, 0.6) is 0 Å². The van der Waals surface area contributed by atoms with Crippen LogP contribution in [0, 0.1) is 5.92 Å². The minimum absolute atomic E-state index is 0.261. The second-order valence-electron chi connectivity index (χ2n) is 8.53. The SMILES string of the molecule is CC1(C)OB(/C(=C\C2CCCCC2)Cc2ccc(Cl)cc2)OC1(C)C. The van der Waals surface area contributed by atoms with Gasteiger partial charge in [0, 0.05) is 5.02 Å². The molecular weight excluding hydrogens is 330 g/mol. The van der Waals surface area contributed by atoms with E-state index in [1.54, 1.807) is 0 Å². The molecule has 1 aromatic rings. The molecule has 0 atom stereocenters. The molecule has 1 saturated heterocycles. The summed E-state index contributed by atoms with van der Waals surface area (Å²) >= 11 is 6.04. The summed E-state index contributed by atoms with van der Waals surface area (Å²) in [7, 11) is -0.261. The van der Waals surface area contributed by atoms with Crippen LogP contribution in [0.25, 0.3) is 0 Å². The van der Waals surface area contributed by atoms with Gasteiger partial charge in [-0.3, -0.25) is 0 Å². The van der Waals surface area contributed by atoms with E-state index in [-0.39, 0.29) is 18.3 Å². The van der Waals surface area contributed by atoms with Crippen molar-refractivity contribution in [2.75, 3.05) is 0 Å². The Morgan fingerprint density at radius 1 is 1.04 bits per heavy atom. The van der Waals surface area contributed by atoms with Crippen molar-refractivity contribution in [2.24, 2.45) is 5.92 Å². The van der Waals surface area contributed by atoms with Gasteiger partial charge in [-0.05, 0) is 76.0 Å². The third-order valence-electron chi connectivity index (χ3n) is 5.98. The zero-order valence-electron chi connectivity index (χ0n) is 16.0. The van der Waals surface area contributed by atoms with Crippen LogP contribution in [0.15, 0.2) is 35.8 Å². The first-order chi connectivity index (χ1) is 11.8. The Morgan fingerprint density at radius 2 is 1.60 bits per heavy atom. The molecule has 1 saturated carbocycles. The van der Waals surface area contributed by atoms with Crippen molar-refractivity contribution in [1.29, 1.82) is 0 Å². The van der Waals surface area contributed by atoms with Gasteiger partial charge < -0.3 is 9.31 Å². The monoisotopic (exact) mass is 360 g/mol. The van der Waals surface area contributed by atoms with Crippen LogP contribution < -0.4 is 0 Å². The fraction of sp³-hybridized carbons (Fsp3) is 0.619. The predicted octanol–water partition coefficient (Wildman–Crippen LogP) is 6.02. The number of rotatable bonds is 4. The number of allylic oxidation sites excluding steroid dienone is 2. The Bertz CT molecular complexity index is 599. The first-order valence-corrected chi connectivity index (χ1v) is 9.95. The average Bonchev–Trinajstić information content (AvgIpc) is 2.78. The molecule has 0 N–H and O–H groups in total. The van der Waals surface area contributed by atoms with E-state index in [4.69, 9.17) is 20.9 Å². The molecule has 3 rings (SSSR count). The highest BCUT2D eigenvalue weighted by Gasteiger charge is 2.52. The molecule has 2 fully saturated rings. The minimum atomic E-state index is -0.302. The highest BCUT2D eigenvalue weighted by Crippen LogP contribution is 2.40. The van der Waals surface area contributed by atoms with Gasteiger partial charge in [0.1, 0.15) is 0 Å². The van der Waals surface area contributed by atoms with Crippen molar-refractivity contribution < 1.29 is 9.31 Å². The molecule has 0 radical (unpaired) electrons. The van der Waals surface area contributed by atoms with Crippen molar-refractivity contribution in [3.8, 4) is 0 Å². The zero-order valence-corrected chi connectivity index (χ0v) is 16.7. The topological polar surface area (TPSA) is 18.5 Å². The molecule has 0 spiro atoms. The Hall–Kier alpha value is -0.765. The van der Waals surface area contributed by atoms with Gasteiger partial charge >= 0.3 is 7.12 Å². The average molecular weight is 361 g/mol. The quantitative estimate of drug-likeness (QED) is 0.611. The smallest absolute Gasteiger partial charge is 0.400 e. The molecule has 0 amide bonds. The van der Waals surface area contributed by atoms with Crippen molar-refractivity contribution in [2.45, 2.75) is 77.4 Å². The number of hydrogen-bond donors (Lipinski definition) is 0. The Balaban J connectivity index is 1.84. The maximum absolute atomic E-state index is 6.35. The highest BCUT2D eigenvalue weighted by atomic mass is 35.5. The van der Waals surface area contributed by atoms with Gasteiger partial charge in [-0.1, -0.05) is 49.1 Å². The summed E-state index contributed by atoms with van der Waals surface area (Å²) < 4.78 is 12.7. The first kappa shape index (κ1) is 19.0. The molecule has 1 heterocycles. The maximum atomic E-state index is 6.35. The summed E-state index contributed by atoms with van der Waals surface area (Å²) in [6, 6.07) is 8.11. The molecule has 0 unspecified atom stereocenters. The Labute approximate surface area is 158 Å². The second kappa shape index (κ2) is 7.46. The zero-order chi connectivity index (χ0) is 18.1. The van der Waals surface area contributed by atoms with Gasteiger partial charge in [0.25, 0.3) is 0 Å². The molecule has 2 nitrogen and oxygen atoms in total. The van der Waals surface area contributed by atoms with Crippen LogP contribution >= 0.6 is 11.6 Å². The summed E-state index contributed by atoms with van der Waals surface area (Å²) in [5.41, 5.74) is 1.90. The lowest BCUT2D eigenvalue weighted by Gasteiger charge is -2.32. The molecule has 1 aliphatic carbocycles. The molecule has 0 aromatic heterocycles. The largest absolute Gasteiger partial charge is 0.490 e. The van der Waals surface area contributed by atoms with E-state index in [0.717, 1.165) is 11.4 Å². The number of halogens is 1. The van der Waals surface area contributed by atoms with E-state index in [2.05, 4.69) is 45.9 Å². The van der Waals surface area contributed by atoms with Crippen molar-refractivity contribution in [1.82, 2.24) is 0 Å². The summed E-state index contributed by atoms with van der Waals surface area (Å²) in [6.07, 6.45) is 9.89. The second-order valence-corrected chi connectivity index (χ2v) is 8.97. The number of benzene rings is 1. The van der Waals surface area contributed by atoms with Gasteiger partial charge in [0.15, 0.2) is 0 Å². The molecule has 2 aliphatic rings. The third kappa shape index (κ3) is 4.50. The van der Waals surface area contributed by atoms with E-state index in [1.165, 1.54) is 43.1 Å². The van der Waals surface area contributed by atoms with Gasteiger partial charge in [-0.15, -0.1) is 0 Å². The van der Waals surface area contributed by atoms with Crippen LogP contribution in [0.2, 0.25) is 5.02 Å². The number of hydrogen-bond acceptors (Lipinski definition) is 2. The molecule has 0 bridgehead atoms. The fourth-order valence-corrected chi connectivity index (χ4v) is 3.78. The molecule has 25 heavy (non-hydrogen) atoms. The Morgan fingerprint density at radius 3 is 2.16 bits per heavy atom. The molecular formula is C21H30BClO2. The van der Waals surface area contributed by atoms with Crippen molar-refractivity contribution >= 4 is 18.7 Å². The van der Waals surface area contributed by atoms with Crippen LogP contribution in [0.4, 0.5) is 0 Å². The van der Waals surface area contributed by atoms with Crippen LogP contribution in [0.3, 0.4) is 0 Å². The minimum Gasteiger partial charge on any atom is -0.400 e. The first-order valence-electron chi connectivity index (χ1n) is 9.57. The van der Waals surface area contributed by atoms with Gasteiger partial charge in [0.2, 0.25) is 0 Å². The molecule has 1 aliphatic heterocycles. The maximum Gasteiger partial charge on any atom is 0.490 e. The molecule has 136 valence electrons. The lowest BCUT2D eigenvalue weighted by molar-refractivity contribution is 0.00578. The third-order valence-corrected chi connectivity index (χ3v) is 6.23. The van der Waals surface area contributed by atoms with Crippen LogP contribution in [-0.2, 0) is 15.7 Å². The van der Waals surface area contributed by atoms with Crippen molar-refractivity contribution in [3.05, 3.63) is 46.4 Å². The summed E-state index contributed by atoms with van der Waals surface area (Å²) in [5, 5.41) is 0.775. The highest BCUT2D eigenvalue weighted by molar-refractivity contribution is 6.54. The van der Waals surface area contributed by atoms with Gasteiger partial charge in [-0.25, -0.2) is 0 Å². The van der Waals surface area contributed by atoms with Gasteiger partial charge in [-0.2, -0.15) is 0 Å². The lowest BCUT2D eigenvalue weighted by atomic mass is 9.72. The van der Waals surface area contributed by atoms with E-state index >= 15 is 0 Å². The standard InChI is InChI=1S/C21H30BClO2/c1-20(2)21(3,4)25-22(24-20)18(14-16-8-6-5-7-9-16)15-17-10-12-19(23)13-11-17/h10-14,16H,5-9,15H2,1-4H3/b18-14-. The molecule has 4 heteroatoms.